The van der Waals surface area contributed by atoms with Crippen LogP contribution in [0, 0.1) is 13.8 Å². The summed E-state index contributed by atoms with van der Waals surface area (Å²) in [5.41, 5.74) is 4.61. The fourth-order valence-electron chi connectivity index (χ4n) is 2.70. The number of anilines is 1. The summed E-state index contributed by atoms with van der Waals surface area (Å²) in [6.07, 6.45) is 0.0737. The summed E-state index contributed by atoms with van der Waals surface area (Å²) < 4.78 is 0. The largest absolute Gasteiger partial charge is 0.326 e. The molecular weight excluding hydrogens is 372 g/mol. The Kier molecular flexibility index (Phi) is 6.26. The molecule has 144 valence electrons. The van der Waals surface area contributed by atoms with Gasteiger partial charge >= 0.3 is 0 Å². The average Bonchev–Trinajstić information content (AvgIpc) is 3.03. The number of benzene rings is 2. The van der Waals surface area contributed by atoms with E-state index in [1.165, 1.54) is 11.8 Å². The molecule has 7 heteroatoms. The highest BCUT2D eigenvalue weighted by Gasteiger charge is 2.32. The lowest BCUT2D eigenvalue weighted by Gasteiger charge is -2.11. The summed E-state index contributed by atoms with van der Waals surface area (Å²) in [6, 6.07) is 15.4. The number of hydrogen-bond donors (Lipinski definition) is 2. The Morgan fingerprint density at radius 3 is 2.64 bits per heavy atom. The number of aryl methyl sites for hydroxylation is 1. The van der Waals surface area contributed by atoms with Crippen LogP contribution in [-0.2, 0) is 9.59 Å². The first-order valence-electron chi connectivity index (χ1n) is 8.95. The van der Waals surface area contributed by atoms with E-state index in [0.29, 0.717) is 5.17 Å². The van der Waals surface area contributed by atoms with Gasteiger partial charge in [-0.3, -0.25) is 9.59 Å². The van der Waals surface area contributed by atoms with Crippen molar-refractivity contribution in [2.45, 2.75) is 32.4 Å². The maximum atomic E-state index is 12.4. The van der Waals surface area contributed by atoms with Crippen molar-refractivity contribution in [3.63, 3.8) is 0 Å². The van der Waals surface area contributed by atoms with E-state index >= 15 is 0 Å². The van der Waals surface area contributed by atoms with Gasteiger partial charge in [0.2, 0.25) is 11.8 Å². The zero-order valence-electron chi connectivity index (χ0n) is 16.0. The summed E-state index contributed by atoms with van der Waals surface area (Å²) in [5.74, 6) is -0.431. The quantitative estimate of drug-likeness (QED) is 0.600. The second-order valence-electron chi connectivity index (χ2n) is 6.55. The normalized spacial score (nSPS) is 18.2. The first-order valence-corrected chi connectivity index (χ1v) is 9.83. The monoisotopic (exact) mass is 394 g/mol. The number of carbonyl (C=O) groups excluding carboxylic acids is 2. The minimum atomic E-state index is -0.518. The standard InChI is InChI=1S/C21H22N4O2S/c1-13-8-7-11-17(14(13)2)22-19(26)12-18-20(27)23-21(28-18)25-24-15(3)16-9-5-4-6-10-16/h4-11,18H,12H2,1-3H3,(H,22,26)(H,23,25,27)/b24-15-. The maximum Gasteiger partial charge on any atom is 0.240 e. The van der Waals surface area contributed by atoms with Crippen LogP contribution in [0.1, 0.15) is 30.0 Å². The zero-order chi connectivity index (χ0) is 20.1. The first-order chi connectivity index (χ1) is 13.4. The van der Waals surface area contributed by atoms with E-state index in [1.807, 2.05) is 69.3 Å². The molecule has 1 aliphatic rings. The van der Waals surface area contributed by atoms with Gasteiger partial charge in [-0.1, -0.05) is 54.2 Å². The van der Waals surface area contributed by atoms with Crippen molar-refractivity contribution in [3.05, 3.63) is 65.2 Å². The molecule has 2 aromatic carbocycles. The van der Waals surface area contributed by atoms with Crippen LogP contribution in [0.15, 0.2) is 58.7 Å². The number of hydrogen-bond acceptors (Lipinski definition) is 5. The molecule has 3 rings (SSSR count). The van der Waals surface area contributed by atoms with Crippen molar-refractivity contribution in [1.29, 1.82) is 0 Å². The van der Waals surface area contributed by atoms with Gasteiger partial charge in [-0.15, -0.1) is 5.10 Å². The Morgan fingerprint density at radius 2 is 1.89 bits per heavy atom. The third-order valence-electron chi connectivity index (χ3n) is 4.51. The van der Waals surface area contributed by atoms with E-state index in [0.717, 1.165) is 28.1 Å². The number of carbonyl (C=O) groups is 2. The minimum Gasteiger partial charge on any atom is -0.326 e. The van der Waals surface area contributed by atoms with E-state index in [9.17, 15) is 9.59 Å². The predicted octanol–water partition coefficient (Wildman–Crippen LogP) is 3.64. The first kappa shape index (κ1) is 19.8. The second kappa shape index (κ2) is 8.84. The van der Waals surface area contributed by atoms with Crippen molar-refractivity contribution in [1.82, 2.24) is 5.32 Å². The number of amides is 2. The minimum absolute atomic E-state index is 0.0737. The molecular formula is C21H22N4O2S. The molecule has 0 spiro atoms. The summed E-state index contributed by atoms with van der Waals surface area (Å²) in [6.45, 7) is 5.81. The van der Waals surface area contributed by atoms with Crippen LogP contribution in [0.25, 0.3) is 0 Å². The van der Waals surface area contributed by atoms with Crippen LogP contribution in [0.4, 0.5) is 5.69 Å². The van der Waals surface area contributed by atoms with Gasteiger partial charge in [0.15, 0.2) is 5.17 Å². The number of nitrogens with one attached hydrogen (secondary N) is 2. The predicted molar refractivity (Wildman–Crippen MR) is 115 cm³/mol. The van der Waals surface area contributed by atoms with Crippen molar-refractivity contribution >= 4 is 40.1 Å². The third-order valence-corrected chi connectivity index (χ3v) is 5.58. The Labute approximate surface area is 168 Å². The van der Waals surface area contributed by atoms with Crippen LogP contribution in [0.3, 0.4) is 0 Å². The lowest BCUT2D eigenvalue weighted by molar-refractivity contribution is -0.122. The van der Waals surface area contributed by atoms with Crippen molar-refractivity contribution in [3.8, 4) is 0 Å². The third kappa shape index (κ3) is 4.86. The molecule has 1 fully saturated rings. The van der Waals surface area contributed by atoms with E-state index in [2.05, 4.69) is 20.8 Å². The van der Waals surface area contributed by atoms with Crippen molar-refractivity contribution in [2.24, 2.45) is 10.2 Å². The Hall–Kier alpha value is -2.93. The van der Waals surface area contributed by atoms with Gasteiger partial charge in [-0.05, 0) is 43.5 Å². The molecule has 2 aromatic rings. The summed E-state index contributed by atoms with van der Waals surface area (Å²) >= 11 is 1.22. The summed E-state index contributed by atoms with van der Waals surface area (Å²) in [7, 11) is 0. The van der Waals surface area contributed by atoms with Crippen LogP contribution < -0.4 is 10.6 Å². The molecule has 6 nitrogen and oxygen atoms in total. The molecule has 2 amide bonds. The average molecular weight is 395 g/mol. The molecule has 0 aromatic heterocycles. The molecule has 2 N–H and O–H groups in total. The zero-order valence-corrected chi connectivity index (χ0v) is 16.8. The van der Waals surface area contributed by atoms with Crippen LogP contribution in [0.5, 0.6) is 0 Å². The Bertz CT molecular complexity index is 954. The number of thioether (sulfide) groups is 1. The van der Waals surface area contributed by atoms with E-state index in [1.54, 1.807) is 0 Å². The van der Waals surface area contributed by atoms with Gasteiger partial charge < -0.3 is 10.6 Å². The van der Waals surface area contributed by atoms with Crippen LogP contribution in [-0.4, -0.2) is 27.9 Å². The van der Waals surface area contributed by atoms with Gasteiger partial charge in [0.05, 0.1) is 5.71 Å². The molecule has 0 aliphatic carbocycles. The molecule has 1 saturated heterocycles. The smallest absolute Gasteiger partial charge is 0.240 e. The molecule has 0 bridgehead atoms. The Morgan fingerprint density at radius 1 is 1.14 bits per heavy atom. The summed E-state index contributed by atoms with van der Waals surface area (Å²) in [5, 5.41) is 13.8. The number of rotatable bonds is 5. The van der Waals surface area contributed by atoms with Gasteiger partial charge in [-0.2, -0.15) is 5.10 Å². The highest BCUT2D eigenvalue weighted by Crippen LogP contribution is 2.24. The topological polar surface area (TPSA) is 82.9 Å². The van der Waals surface area contributed by atoms with Gasteiger partial charge in [0.25, 0.3) is 0 Å². The SMILES string of the molecule is C/C(=N/N=C1\NC(=O)C(CC(=O)Nc2cccc(C)c2C)S1)c1ccccc1. The Balaban J connectivity index is 1.61. The molecule has 0 saturated carbocycles. The lowest BCUT2D eigenvalue weighted by Crippen LogP contribution is -2.28. The van der Waals surface area contributed by atoms with E-state index in [-0.39, 0.29) is 18.2 Å². The maximum absolute atomic E-state index is 12.4. The van der Waals surface area contributed by atoms with Gasteiger partial charge in [0.1, 0.15) is 5.25 Å². The van der Waals surface area contributed by atoms with E-state index in [4.69, 9.17) is 0 Å². The summed E-state index contributed by atoms with van der Waals surface area (Å²) in [4.78, 5) is 24.5. The van der Waals surface area contributed by atoms with Crippen molar-refractivity contribution in [2.75, 3.05) is 5.32 Å². The molecule has 1 unspecified atom stereocenters. The fraction of sp³-hybridized carbons (Fsp3) is 0.238. The van der Waals surface area contributed by atoms with Gasteiger partial charge in [0, 0.05) is 12.1 Å². The van der Waals surface area contributed by atoms with Crippen LogP contribution >= 0.6 is 11.8 Å². The fourth-order valence-corrected chi connectivity index (χ4v) is 3.62. The second-order valence-corrected chi connectivity index (χ2v) is 7.74. The number of amidine groups is 1. The highest BCUT2D eigenvalue weighted by molar-refractivity contribution is 8.15. The highest BCUT2D eigenvalue weighted by atomic mass is 32.2. The molecule has 0 radical (unpaired) electrons. The van der Waals surface area contributed by atoms with Gasteiger partial charge in [-0.25, -0.2) is 0 Å². The molecule has 28 heavy (non-hydrogen) atoms. The van der Waals surface area contributed by atoms with E-state index < -0.39 is 5.25 Å². The van der Waals surface area contributed by atoms with Crippen molar-refractivity contribution < 1.29 is 9.59 Å². The molecule has 1 heterocycles. The number of nitrogens with zero attached hydrogens (tertiary/aromatic N) is 2. The van der Waals surface area contributed by atoms with Crippen LogP contribution in [0.2, 0.25) is 0 Å². The molecule has 1 aliphatic heterocycles. The molecule has 1 atom stereocenters. The lowest BCUT2D eigenvalue weighted by atomic mass is 10.1.